The van der Waals surface area contributed by atoms with Crippen molar-refractivity contribution in [3.63, 3.8) is 0 Å². The second-order valence-corrected chi connectivity index (χ2v) is 5.54. The maximum atomic E-state index is 12.3. The van der Waals surface area contributed by atoms with Crippen LogP contribution < -0.4 is 15.0 Å². The predicted octanol–water partition coefficient (Wildman–Crippen LogP) is 2.47. The molecule has 24 heavy (non-hydrogen) atoms. The summed E-state index contributed by atoms with van der Waals surface area (Å²) in [6.07, 6.45) is 1.81. The zero-order valence-electron chi connectivity index (χ0n) is 13.4. The van der Waals surface area contributed by atoms with Gasteiger partial charge >= 0.3 is 0 Å². The lowest BCUT2D eigenvalue weighted by Gasteiger charge is -2.17. The van der Waals surface area contributed by atoms with E-state index in [1.54, 1.807) is 29.3 Å². The van der Waals surface area contributed by atoms with Crippen molar-refractivity contribution in [3.05, 3.63) is 48.7 Å². The highest BCUT2D eigenvalue weighted by atomic mass is 16.5. The minimum absolute atomic E-state index is 0.0552. The van der Waals surface area contributed by atoms with Crippen LogP contribution in [0.1, 0.15) is 13.3 Å². The van der Waals surface area contributed by atoms with Gasteiger partial charge in [-0.15, -0.1) is 0 Å². The lowest BCUT2D eigenvalue weighted by molar-refractivity contribution is -0.122. The molecule has 6 nitrogen and oxygen atoms in total. The maximum absolute atomic E-state index is 12.3. The number of nitrogens with one attached hydrogen (secondary N) is 1. The Bertz CT molecular complexity index is 716. The molecule has 1 aromatic heterocycles. The second kappa shape index (κ2) is 7.12. The van der Waals surface area contributed by atoms with E-state index in [-0.39, 0.29) is 24.2 Å². The number of rotatable bonds is 5. The highest BCUT2D eigenvalue weighted by molar-refractivity contribution is 6.03. The number of anilines is 2. The van der Waals surface area contributed by atoms with Crippen LogP contribution in [0.15, 0.2) is 48.7 Å². The molecule has 1 fully saturated rings. The SMILES string of the molecule is CCOc1ccc(N2C[C@H](C(=O)Nc3ccccn3)CC2=O)cc1. The molecule has 0 unspecified atom stereocenters. The minimum atomic E-state index is -0.383. The molecule has 1 aliphatic heterocycles. The molecule has 2 aromatic rings. The molecule has 0 saturated carbocycles. The Morgan fingerprint density at radius 1 is 1.29 bits per heavy atom. The molecule has 2 heterocycles. The van der Waals surface area contributed by atoms with Gasteiger partial charge in [-0.25, -0.2) is 4.98 Å². The van der Waals surface area contributed by atoms with Crippen molar-refractivity contribution in [1.82, 2.24) is 4.98 Å². The van der Waals surface area contributed by atoms with Crippen LogP contribution in [0, 0.1) is 5.92 Å². The molecule has 0 spiro atoms. The van der Waals surface area contributed by atoms with Gasteiger partial charge < -0.3 is 15.0 Å². The molecule has 0 aliphatic carbocycles. The molecule has 1 saturated heterocycles. The smallest absolute Gasteiger partial charge is 0.230 e. The first-order valence-corrected chi connectivity index (χ1v) is 7.92. The van der Waals surface area contributed by atoms with E-state index in [9.17, 15) is 9.59 Å². The van der Waals surface area contributed by atoms with Crippen molar-refractivity contribution < 1.29 is 14.3 Å². The van der Waals surface area contributed by atoms with Gasteiger partial charge in [0.05, 0.1) is 12.5 Å². The fourth-order valence-electron chi connectivity index (χ4n) is 2.69. The monoisotopic (exact) mass is 325 g/mol. The van der Waals surface area contributed by atoms with E-state index in [0.29, 0.717) is 19.0 Å². The van der Waals surface area contributed by atoms with Gasteiger partial charge in [-0.1, -0.05) is 6.07 Å². The fourth-order valence-corrected chi connectivity index (χ4v) is 2.69. The summed E-state index contributed by atoms with van der Waals surface area (Å²) < 4.78 is 5.40. The Labute approximate surface area is 140 Å². The third kappa shape index (κ3) is 3.53. The van der Waals surface area contributed by atoms with Crippen LogP contribution in [0.3, 0.4) is 0 Å². The van der Waals surface area contributed by atoms with E-state index in [1.165, 1.54) is 0 Å². The molecular weight excluding hydrogens is 306 g/mol. The Morgan fingerprint density at radius 3 is 2.75 bits per heavy atom. The van der Waals surface area contributed by atoms with E-state index < -0.39 is 0 Å². The Morgan fingerprint density at radius 2 is 2.08 bits per heavy atom. The summed E-state index contributed by atoms with van der Waals surface area (Å²) in [5.74, 6) is 0.633. The first-order chi connectivity index (χ1) is 11.7. The number of pyridine rings is 1. The first kappa shape index (κ1) is 16.0. The highest BCUT2D eigenvalue weighted by Crippen LogP contribution is 2.27. The summed E-state index contributed by atoms with van der Waals surface area (Å²) in [5, 5.41) is 2.75. The highest BCUT2D eigenvalue weighted by Gasteiger charge is 2.35. The Balaban J connectivity index is 1.65. The second-order valence-electron chi connectivity index (χ2n) is 5.54. The van der Waals surface area contributed by atoms with Gasteiger partial charge in [0.2, 0.25) is 11.8 Å². The van der Waals surface area contributed by atoms with Gasteiger partial charge in [-0.2, -0.15) is 0 Å². The Kier molecular flexibility index (Phi) is 4.74. The Hall–Kier alpha value is -2.89. The summed E-state index contributed by atoms with van der Waals surface area (Å²) in [6, 6.07) is 12.6. The number of benzene rings is 1. The quantitative estimate of drug-likeness (QED) is 0.917. The normalized spacial score (nSPS) is 17.0. The van der Waals surface area contributed by atoms with Crippen LogP contribution in [-0.2, 0) is 9.59 Å². The third-order valence-corrected chi connectivity index (χ3v) is 3.87. The molecule has 3 rings (SSSR count). The topological polar surface area (TPSA) is 71.5 Å². The van der Waals surface area contributed by atoms with Crippen LogP contribution in [0.2, 0.25) is 0 Å². The molecule has 124 valence electrons. The average molecular weight is 325 g/mol. The zero-order chi connectivity index (χ0) is 16.9. The van der Waals surface area contributed by atoms with E-state index in [1.807, 2.05) is 31.2 Å². The summed E-state index contributed by atoms with van der Waals surface area (Å²) >= 11 is 0. The van der Waals surface area contributed by atoms with Crippen LogP contribution >= 0.6 is 0 Å². The molecule has 2 amide bonds. The molecule has 0 radical (unpaired) electrons. The number of carbonyl (C=O) groups is 2. The molecule has 1 aromatic carbocycles. The van der Waals surface area contributed by atoms with E-state index in [0.717, 1.165) is 11.4 Å². The van der Waals surface area contributed by atoms with Crippen LogP contribution in [0.25, 0.3) is 0 Å². The zero-order valence-corrected chi connectivity index (χ0v) is 13.4. The number of nitrogens with zero attached hydrogens (tertiary/aromatic N) is 2. The van der Waals surface area contributed by atoms with Gasteiger partial charge in [0.1, 0.15) is 11.6 Å². The maximum Gasteiger partial charge on any atom is 0.230 e. The summed E-state index contributed by atoms with van der Waals surface area (Å²) in [6.45, 7) is 2.88. The summed E-state index contributed by atoms with van der Waals surface area (Å²) in [4.78, 5) is 30.3. The van der Waals surface area contributed by atoms with Gasteiger partial charge in [0.25, 0.3) is 0 Å². The molecule has 1 atom stereocenters. The van der Waals surface area contributed by atoms with Gasteiger partial charge in [0, 0.05) is 24.8 Å². The fraction of sp³-hybridized carbons (Fsp3) is 0.278. The number of hydrogen-bond donors (Lipinski definition) is 1. The summed E-state index contributed by atoms with van der Waals surface area (Å²) in [7, 11) is 0. The van der Waals surface area contributed by atoms with Crippen molar-refractivity contribution in [3.8, 4) is 5.75 Å². The number of amides is 2. The van der Waals surface area contributed by atoms with Crippen LogP contribution in [-0.4, -0.2) is 29.9 Å². The molecule has 1 aliphatic rings. The number of aromatic nitrogens is 1. The number of ether oxygens (including phenoxy) is 1. The minimum Gasteiger partial charge on any atom is -0.494 e. The lowest BCUT2D eigenvalue weighted by atomic mass is 10.1. The predicted molar refractivity (Wildman–Crippen MR) is 90.9 cm³/mol. The summed E-state index contributed by atoms with van der Waals surface area (Å²) in [5.41, 5.74) is 0.775. The standard InChI is InChI=1S/C18H19N3O3/c1-2-24-15-8-6-14(7-9-15)21-12-13(11-17(21)22)18(23)20-16-5-3-4-10-19-16/h3-10,13H,2,11-12H2,1H3,(H,19,20,23)/t13-/m1/s1. The van der Waals surface area contributed by atoms with Gasteiger partial charge in [-0.05, 0) is 43.3 Å². The third-order valence-electron chi connectivity index (χ3n) is 3.87. The largest absolute Gasteiger partial charge is 0.494 e. The first-order valence-electron chi connectivity index (χ1n) is 7.92. The van der Waals surface area contributed by atoms with Gasteiger partial charge in [-0.3, -0.25) is 9.59 Å². The average Bonchev–Trinajstić information content (AvgIpc) is 2.99. The molecule has 1 N–H and O–H groups in total. The van der Waals surface area contributed by atoms with E-state index in [4.69, 9.17) is 4.74 Å². The van der Waals surface area contributed by atoms with Crippen LogP contribution in [0.4, 0.5) is 11.5 Å². The van der Waals surface area contributed by atoms with E-state index in [2.05, 4.69) is 10.3 Å². The van der Waals surface area contributed by atoms with Gasteiger partial charge in [0.15, 0.2) is 0 Å². The van der Waals surface area contributed by atoms with Crippen molar-refractivity contribution in [2.24, 2.45) is 5.92 Å². The number of carbonyl (C=O) groups excluding carboxylic acids is 2. The van der Waals surface area contributed by atoms with Crippen LogP contribution in [0.5, 0.6) is 5.75 Å². The molecule has 6 heteroatoms. The molecule has 0 bridgehead atoms. The number of hydrogen-bond acceptors (Lipinski definition) is 4. The van der Waals surface area contributed by atoms with Crippen molar-refractivity contribution in [1.29, 1.82) is 0 Å². The molecular formula is C18H19N3O3. The van der Waals surface area contributed by atoms with E-state index >= 15 is 0 Å². The van der Waals surface area contributed by atoms with Crippen molar-refractivity contribution in [2.45, 2.75) is 13.3 Å². The lowest BCUT2D eigenvalue weighted by Crippen LogP contribution is -2.28. The van der Waals surface area contributed by atoms with Crippen molar-refractivity contribution in [2.75, 3.05) is 23.4 Å². The van der Waals surface area contributed by atoms with Crippen molar-refractivity contribution >= 4 is 23.3 Å².